The molecule has 1 amide bonds. The molecule has 1 saturated heterocycles. The van der Waals surface area contributed by atoms with Gasteiger partial charge in [0, 0.05) is 80.4 Å². The molecule has 0 aliphatic carbocycles. The van der Waals surface area contributed by atoms with Gasteiger partial charge in [-0.2, -0.15) is 5.10 Å². The number of allylic oxidation sites excluding steroid dienone is 2. The van der Waals surface area contributed by atoms with Crippen molar-refractivity contribution in [3.05, 3.63) is 52.8 Å². The summed E-state index contributed by atoms with van der Waals surface area (Å²) in [5, 5.41) is 77.6. The van der Waals surface area contributed by atoms with Crippen LogP contribution < -0.4 is 10.1 Å². The Balaban J connectivity index is 1.70. The van der Waals surface area contributed by atoms with E-state index in [2.05, 4.69) is 15.3 Å². The molecule has 4 aliphatic heterocycles. The van der Waals surface area contributed by atoms with E-state index in [9.17, 15) is 40.2 Å². The summed E-state index contributed by atoms with van der Waals surface area (Å²) in [6.07, 6.45) is 4.79. The molecule has 0 aromatic heterocycles. The minimum absolute atomic E-state index is 0.0688. The number of phenolic OH excluding ortho intramolecular Hbond substituents is 3. The predicted octanol–water partition coefficient (Wildman–Crippen LogP) is 3.76. The summed E-state index contributed by atoms with van der Waals surface area (Å²) in [6, 6.07) is 0. The Kier molecular flexibility index (Phi) is 12.8. The van der Waals surface area contributed by atoms with Gasteiger partial charge in [0.1, 0.15) is 17.2 Å². The van der Waals surface area contributed by atoms with Crippen molar-refractivity contribution in [3.63, 3.8) is 0 Å². The lowest BCUT2D eigenvalue weighted by Gasteiger charge is -2.36. The number of Topliss-reactive ketones (excluding diaryl/α,β-unsaturated/α-hetero) is 1. The molecule has 56 heavy (non-hydrogen) atoms. The molecule has 9 unspecified atom stereocenters. The second kappa shape index (κ2) is 16.8. The van der Waals surface area contributed by atoms with Crippen molar-refractivity contribution in [3.8, 4) is 23.0 Å². The number of phenols is 3. The number of nitrogens with one attached hydrogen (secondary N) is 1. The van der Waals surface area contributed by atoms with Crippen molar-refractivity contribution < 1.29 is 54.4 Å². The van der Waals surface area contributed by atoms with Crippen LogP contribution in [0.4, 0.5) is 5.69 Å². The lowest BCUT2D eigenvalue weighted by atomic mass is 9.78. The number of likely N-dealkylation sites (N-methyl/N-ethyl adjacent to an activating group) is 1. The Labute approximate surface area is 327 Å². The van der Waals surface area contributed by atoms with Crippen molar-refractivity contribution in [2.45, 2.75) is 78.7 Å². The average Bonchev–Trinajstić information content (AvgIpc) is 3.44. The van der Waals surface area contributed by atoms with Gasteiger partial charge in [0.25, 0.3) is 11.7 Å². The number of hydrogen-bond acceptors (Lipinski definition) is 14. The van der Waals surface area contributed by atoms with Gasteiger partial charge in [0.2, 0.25) is 0 Å². The summed E-state index contributed by atoms with van der Waals surface area (Å²) in [7, 11) is 3.43. The highest BCUT2D eigenvalue weighted by atomic mass is 16.7. The van der Waals surface area contributed by atoms with Gasteiger partial charge in [-0.1, -0.05) is 45.9 Å². The standard InChI is InChI=1S/C41H56N4O11/c1-20-11-10-12-21(2)40(53)43-31-26(19-42-45-16-14-44(8)15-17-45)36(50)28-29(37(31)51)35(49)25(6)38-30(28)39(52)41(7,56-38)55-18-13-27(54-9)22(3)33(47)24(5)34(48)23(4)32(20)46/h10-13,18-20,22-24,27,32-34,46-51H,14-17H2,1-9H3,(H,43,53). The van der Waals surface area contributed by atoms with Crippen LogP contribution in [0.1, 0.15) is 63.0 Å². The number of nitrogens with zero attached hydrogens (tertiary/aromatic N) is 3. The minimum Gasteiger partial charge on any atom is -0.507 e. The molecule has 306 valence electrons. The largest absolute Gasteiger partial charge is 0.507 e. The molecule has 6 rings (SSSR count). The Morgan fingerprint density at radius 2 is 1.52 bits per heavy atom. The molecule has 0 spiro atoms. The molecule has 7 N–H and O–H groups in total. The lowest BCUT2D eigenvalue weighted by Crippen LogP contribution is -2.44. The molecular formula is C41H56N4O11. The van der Waals surface area contributed by atoms with Gasteiger partial charge < -0.3 is 55.1 Å². The van der Waals surface area contributed by atoms with E-state index in [1.165, 1.54) is 52.5 Å². The summed E-state index contributed by atoms with van der Waals surface area (Å²) in [5.74, 6) is -7.59. The third-order valence-corrected chi connectivity index (χ3v) is 11.6. The fraction of sp³-hybridized carbons (Fsp3) is 0.537. The van der Waals surface area contributed by atoms with Crippen LogP contribution in [0.3, 0.4) is 0 Å². The number of benzene rings is 2. The number of piperazine rings is 1. The first-order chi connectivity index (χ1) is 26.3. The SMILES string of the molecule is COC1C=COC2(C)Oc3c(C)c(O)c4c(O)c(c(C=NN5CCN(C)CC5)c(O)c4c3C2=O)NC(=O)C(C)=CC=CC(C)C(O)C(C)C(O)C(C)C(O)C1C. The highest BCUT2D eigenvalue weighted by Gasteiger charge is 2.50. The highest BCUT2D eigenvalue weighted by molar-refractivity contribution is 6.23. The van der Waals surface area contributed by atoms with Crippen LogP contribution in [0.15, 0.2) is 41.2 Å². The van der Waals surface area contributed by atoms with E-state index in [1.54, 1.807) is 44.9 Å². The van der Waals surface area contributed by atoms with E-state index < -0.39 is 82.8 Å². The first-order valence-corrected chi connectivity index (χ1v) is 18.9. The van der Waals surface area contributed by atoms with Gasteiger partial charge >= 0.3 is 5.79 Å². The van der Waals surface area contributed by atoms with Crippen molar-refractivity contribution in [1.82, 2.24) is 9.91 Å². The number of carbonyl (C=O) groups is 2. The molecule has 0 saturated carbocycles. The third-order valence-electron chi connectivity index (χ3n) is 11.6. The minimum atomic E-state index is -2.01. The number of ketones is 1. The molecule has 4 aliphatic rings. The Bertz CT molecular complexity index is 1950. The van der Waals surface area contributed by atoms with Gasteiger partial charge in [0.15, 0.2) is 5.75 Å². The molecule has 9 atom stereocenters. The van der Waals surface area contributed by atoms with Crippen molar-refractivity contribution in [2.24, 2.45) is 28.8 Å². The molecule has 2 aromatic carbocycles. The number of fused-ring (bicyclic) bond motifs is 14. The van der Waals surface area contributed by atoms with Crippen LogP contribution >= 0.6 is 0 Å². The zero-order valence-corrected chi connectivity index (χ0v) is 33.5. The van der Waals surface area contributed by atoms with Gasteiger partial charge in [-0.3, -0.25) is 14.6 Å². The number of anilines is 1. The summed E-state index contributed by atoms with van der Waals surface area (Å²) in [6.45, 7) is 13.8. The van der Waals surface area contributed by atoms with Gasteiger partial charge in [0.05, 0.1) is 59.1 Å². The van der Waals surface area contributed by atoms with Crippen LogP contribution in [0, 0.1) is 30.6 Å². The molecule has 4 heterocycles. The number of hydrazone groups is 1. The van der Waals surface area contributed by atoms with Crippen LogP contribution in [-0.2, 0) is 14.3 Å². The van der Waals surface area contributed by atoms with E-state index >= 15 is 0 Å². The smallest absolute Gasteiger partial charge is 0.312 e. The van der Waals surface area contributed by atoms with Gasteiger partial charge in [-0.15, -0.1) is 0 Å². The number of carbonyl (C=O) groups excluding carboxylic acids is 2. The molecule has 15 nitrogen and oxygen atoms in total. The summed E-state index contributed by atoms with van der Waals surface area (Å²) in [4.78, 5) is 30.1. The van der Waals surface area contributed by atoms with E-state index in [0.29, 0.717) is 13.1 Å². The quantitative estimate of drug-likeness (QED) is 0.134. The molecule has 2 aromatic rings. The number of aliphatic hydroxyl groups is 3. The molecule has 1 fully saturated rings. The van der Waals surface area contributed by atoms with Crippen molar-refractivity contribution in [1.29, 1.82) is 0 Å². The number of hydrogen-bond donors (Lipinski definition) is 7. The normalized spacial score (nSPS) is 31.2. The number of ether oxygens (including phenoxy) is 3. The van der Waals surface area contributed by atoms with Gasteiger partial charge in [-0.25, -0.2) is 0 Å². The Hall–Kier alpha value is -4.67. The Morgan fingerprint density at radius 3 is 2.16 bits per heavy atom. The zero-order valence-electron chi connectivity index (χ0n) is 33.5. The van der Waals surface area contributed by atoms with Crippen molar-refractivity contribution in [2.75, 3.05) is 45.7 Å². The number of rotatable bonds is 3. The zero-order chi connectivity index (χ0) is 41.4. The topological polar surface area (TPSA) is 214 Å². The second-order valence-corrected chi connectivity index (χ2v) is 15.5. The monoisotopic (exact) mass is 780 g/mol. The van der Waals surface area contributed by atoms with Crippen LogP contribution in [-0.4, -0.2) is 129 Å². The molecule has 5 bridgehead atoms. The fourth-order valence-corrected chi connectivity index (χ4v) is 7.53. The molecule has 15 heteroatoms. The molecule has 0 radical (unpaired) electrons. The van der Waals surface area contributed by atoms with Crippen LogP contribution in [0.25, 0.3) is 10.8 Å². The average molecular weight is 781 g/mol. The predicted molar refractivity (Wildman–Crippen MR) is 211 cm³/mol. The summed E-state index contributed by atoms with van der Waals surface area (Å²) >= 11 is 0. The summed E-state index contributed by atoms with van der Waals surface area (Å²) < 4.78 is 17.7. The lowest BCUT2D eigenvalue weighted by molar-refractivity contribution is -0.112. The van der Waals surface area contributed by atoms with Crippen LogP contribution in [0.5, 0.6) is 23.0 Å². The third kappa shape index (κ3) is 7.96. The van der Waals surface area contributed by atoms with Gasteiger partial charge in [-0.05, 0) is 27.0 Å². The number of methoxy groups -OCH3 is 1. The summed E-state index contributed by atoms with van der Waals surface area (Å²) in [5.41, 5.74) is -0.290. The first-order valence-electron chi connectivity index (χ1n) is 18.9. The maximum Gasteiger partial charge on any atom is 0.312 e. The highest BCUT2D eigenvalue weighted by Crippen LogP contribution is 2.55. The van der Waals surface area contributed by atoms with Crippen LogP contribution in [0.2, 0.25) is 0 Å². The molecular weight excluding hydrogens is 724 g/mol. The van der Waals surface area contributed by atoms with E-state index in [4.69, 9.17) is 14.2 Å². The maximum absolute atomic E-state index is 14.3. The second-order valence-electron chi connectivity index (χ2n) is 15.5. The number of amides is 1. The number of aromatic hydroxyl groups is 3. The fourth-order valence-electron chi connectivity index (χ4n) is 7.53. The number of aliphatic hydroxyl groups excluding tert-OH is 3. The van der Waals surface area contributed by atoms with E-state index in [0.717, 1.165) is 13.1 Å². The van der Waals surface area contributed by atoms with E-state index in [1.807, 2.05) is 7.05 Å². The maximum atomic E-state index is 14.3. The van der Waals surface area contributed by atoms with Crippen molar-refractivity contribution >= 4 is 34.4 Å². The Morgan fingerprint density at radius 1 is 0.893 bits per heavy atom. The first kappa shape index (κ1) is 42.5. The van der Waals surface area contributed by atoms with E-state index in [-0.39, 0.29) is 44.5 Å².